The summed E-state index contributed by atoms with van der Waals surface area (Å²) in [7, 11) is -2.86. The van der Waals surface area contributed by atoms with Crippen LogP contribution in [0.2, 0.25) is 0 Å². The standard InChI is InChI=1S/C13H18O2S/c1-11(2)7-12-5-3-4-6-13(12,8-11)10-16(14,15)9-12/h3-6H,7-10H2,1-2H3/t12-,13+. The van der Waals surface area contributed by atoms with Crippen LogP contribution in [0, 0.1) is 16.2 Å². The van der Waals surface area contributed by atoms with Crippen LogP contribution in [-0.2, 0) is 9.84 Å². The average Bonchev–Trinajstić information content (AvgIpc) is 2.40. The fraction of sp³-hybridized carbons (Fsp3) is 0.692. The van der Waals surface area contributed by atoms with Gasteiger partial charge in [0.05, 0.1) is 11.5 Å². The molecule has 0 radical (unpaired) electrons. The lowest BCUT2D eigenvalue weighted by Gasteiger charge is -2.36. The molecule has 1 heterocycles. The first-order valence-corrected chi connectivity index (χ1v) is 7.68. The lowest BCUT2D eigenvalue weighted by molar-refractivity contribution is 0.259. The van der Waals surface area contributed by atoms with E-state index in [9.17, 15) is 8.42 Å². The van der Waals surface area contributed by atoms with Crippen molar-refractivity contribution in [2.75, 3.05) is 11.5 Å². The molecule has 1 aliphatic heterocycles. The van der Waals surface area contributed by atoms with Gasteiger partial charge in [-0.1, -0.05) is 38.2 Å². The summed E-state index contributed by atoms with van der Waals surface area (Å²) in [5, 5.41) is 0. The molecule has 0 aromatic heterocycles. The molecule has 1 saturated heterocycles. The van der Waals surface area contributed by atoms with Gasteiger partial charge in [-0.05, 0) is 18.3 Å². The Labute approximate surface area is 97.3 Å². The van der Waals surface area contributed by atoms with E-state index in [4.69, 9.17) is 0 Å². The zero-order valence-electron chi connectivity index (χ0n) is 9.86. The summed E-state index contributed by atoms with van der Waals surface area (Å²) in [5.74, 6) is 0.703. The molecule has 88 valence electrons. The van der Waals surface area contributed by atoms with Crippen molar-refractivity contribution in [1.82, 2.24) is 0 Å². The van der Waals surface area contributed by atoms with Gasteiger partial charge in [-0.2, -0.15) is 0 Å². The van der Waals surface area contributed by atoms with E-state index in [2.05, 4.69) is 26.0 Å². The SMILES string of the molecule is CC1(C)C[C@]23C=CC=C[C@@]2(C1)CS(=O)(=O)C3. The van der Waals surface area contributed by atoms with E-state index in [1.54, 1.807) is 0 Å². The summed E-state index contributed by atoms with van der Waals surface area (Å²) in [6.07, 6.45) is 10.4. The van der Waals surface area contributed by atoms with E-state index in [1.165, 1.54) is 0 Å². The summed E-state index contributed by atoms with van der Waals surface area (Å²) >= 11 is 0. The van der Waals surface area contributed by atoms with Crippen LogP contribution in [0.25, 0.3) is 0 Å². The lowest BCUT2D eigenvalue weighted by Crippen LogP contribution is -2.33. The van der Waals surface area contributed by atoms with Gasteiger partial charge in [0.25, 0.3) is 0 Å². The third kappa shape index (κ3) is 1.21. The second-order valence-electron chi connectivity index (χ2n) is 6.58. The molecule has 0 amide bonds. The zero-order valence-corrected chi connectivity index (χ0v) is 10.7. The van der Waals surface area contributed by atoms with Crippen LogP contribution in [0.5, 0.6) is 0 Å². The van der Waals surface area contributed by atoms with Gasteiger partial charge < -0.3 is 0 Å². The second kappa shape index (κ2) is 2.63. The number of rotatable bonds is 0. The average molecular weight is 238 g/mol. The van der Waals surface area contributed by atoms with Gasteiger partial charge in [-0.15, -0.1) is 0 Å². The van der Waals surface area contributed by atoms with Gasteiger partial charge in [-0.3, -0.25) is 0 Å². The molecule has 16 heavy (non-hydrogen) atoms. The first-order chi connectivity index (χ1) is 7.29. The molecular weight excluding hydrogens is 220 g/mol. The highest BCUT2D eigenvalue weighted by Gasteiger charge is 2.65. The van der Waals surface area contributed by atoms with Crippen LogP contribution in [0.3, 0.4) is 0 Å². The van der Waals surface area contributed by atoms with E-state index in [0.717, 1.165) is 12.8 Å². The first-order valence-electron chi connectivity index (χ1n) is 5.86. The Morgan fingerprint density at radius 2 is 1.38 bits per heavy atom. The summed E-state index contributed by atoms with van der Waals surface area (Å²) in [6, 6.07) is 0. The molecule has 2 fully saturated rings. The van der Waals surface area contributed by atoms with Gasteiger partial charge in [0.1, 0.15) is 0 Å². The maximum Gasteiger partial charge on any atom is 0.152 e. The second-order valence-corrected chi connectivity index (χ2v) is 8.65. The Kier molecular flexibility index (Phi) is 1.74. The Balaban J connectivity index is 2.19. The molecule has 0 unspecified atom stereocenters. The van der Waals surface area contributed by atoms with Crippen molar-refractivity contribution >= 4 is 9.84 Å². The highest BCUT2D eigenvalue weighted by atomic mass is 32.2. The Morgan fingerprint density at radius 1 is 0.938 bits per heavy atom. The summed E-state index contributed by atoms with van der Waals surface area (Å²) in [4.78, 5) is 0. The predicted octanol–water partition coefficient (Wildman–Crippen LogP) is 2.33. The monoisotopic (exact) mass is 238 g/mol. The van der Waals surface area contributed by atoms with Crippen LogP contribution in [0.15, 0.2) is 24.3 Å². The Morgan fingerprint density at radius 3 is 1.81 bits per heavy atom. The van der Waals surface area contributed by atoms with Crippen molar-refractivity contribution in [3.63, 3.8) is 0 Å². The van der Waals surface area contributed by atoms with Crippen LogP contribution >= 0.6 is 0 Å². The summed E-state index contributed by atoms with van der Waals surface area (Å²) in [6.45, 7) is 4.52. The maximum absolute atomic E-state index is 11.9. The minimum atomic E-state index is -2.86. The molecule has 0 aromatic carbocycles. The van der Waals surface area contributed by atoms with Gasteiger partial charge >= 0.3 is 0 Å². The quantitative estimate of drug-likeness (QED) is 0.649. The lowest BCUT2D eigenvalue weighted by atomic mass is 9.66. The third-order valence-electron chi connectivity index (χ3n) is 4.48. The molecule has 0 aromatic rings. The van der Waals surface area contributed by atoms with Crippen molar-refractivity contribution in [2.45, 2.75) is 26.7 Å². The van der Waals surface area contributed by atoms with E-state index >= 15 is 0 Å². The minimum absolute atomic E-state index is 0.107. The normalized spacial score (nSPS) is 46.6. The summed E-state index contributed by atoms with van der Waals surface area (Å²) in [5.41, 5.74) is 0.0448. The first kappa shape index (κ1) is 10.6. The molecule has 2 nitrogen and oxygen atoms in total. The molecule has 0 spiro atoms. The highest BCUT2D eigenvalue weighted by molar-refractivity contribution is 7.91. The molecule has 0 bridgehead atoms. The van der Waals surface area contributed by atoms with E-state index in [1.807, 2.05) is 12.2 Å². The highest BCUT2D eigenvalue weighted by Crippen LogP contribution is 2.67. The molecular formula is C13H18O2S. The fourth-order valence-electron chi connectivity index (χ4n) is 4.37. The van der Waals surface area contributed by atoms with Gasteiger partial charge in [0.15, 0.2) is 9.84 Å². The largest absolute Gasteiger partial charge is 0.229 e. The molecule has 3 aliphatic rings. The van der Waals surface area contributed by atoms with Crippen molar-refractivity contribution in [3.05, 3.63) is 24.3 Å². The summed E-state index contributed by atoms with van der Waals surface area (Å²) < 4.78 is 23.9. The molecule has 2 atom stereocenters. The topological polar surface area (TPSA) is 34.1 Å². The maximum atomic E-state index is 11.9. The molecule has 3 rings (SSSR count). The van der Waals surface area contributed by atoms with Crippen LogP contribution in [0.4, 0.5) is 0 Å². The number of sulfone groups is 1. The van der Waals surface area contributed by atoms with Crippen LogP contribution < -0.4 is 0 Å². The molecule has 2 aliphatic carbocycles. The minimum Gasteiger partial charge on any atom is -0.229 e. The van der Waals surface area contributed by atoms with Gasteiger partial charge in [0, 0.05) is 10.8 Å². The number of allylic oxidation sites excluding steroid dienone is 4. The van der Waals surface area contributed by atoms with Crippen molar-refractivity contribution in [2.24, 2.45) is 16.2 Å². The van der Waals surface area contributed by atoms with Gasteiger partial charge in [-0.25, -0.2) is 8.42 Å². The van der Waals surface area contributed by atoms with E-state index < -0.39 is 9.84 Å². The number of hydrogen-bond acceptors (Lipinski definition) is 2. The molecule has 1 saturated carbocycles. The molecule has 0 N–H and O–H groups in total. The van der Waals surface area contributed by atoms with Crippen molar-refractivity contribution in [3.8, 4) is 0 Å². The van der Waals surface area contributed by atoms with Crippen molar-refractivity contribution in [1.29, 1.82) is 0 Å². The van der Waals surface area contributed by atoms with E-state index in [-0.39, 0.29) is 16.2 Å². The molecule has 3 heteroatoms. The zero-order chi connectivity index (χ0) is 11.7. The Hall–Kier alpha value is -0.570. The third-order valence-corrected chi connectivity index (χ3v) is 6.39. The Bertz CT molecular complexity index is 460. The fourth-order valence-corrected chi connectivity index (χ4v) is 7.02. The number of hydrogen-bond donors (Lipinski definition) is 0. The smallest absolute Gasteiger partial charge is 0.152 e. The van der Waals surface area contributed by atoms with Gasteiger partial charge in [0.2, 0.25) is 0 Å². The van der Waals surface area contributed by atoms with Crippen LogP contribution in [-0.4, -0.2) is 19.9 Å². The predicted molar refractivity (Wildman–Crippen MR) is 64.8 cm³/mol. The van der Waals surface area contributed by atoms with Crippen molar-refractivity contribution < 1.29 is 8.42 Å². The van der Waals surface area contributed by atoms with Crippen LogP contribution in [0.1, 0.15) is 26.7 Å². The van der Waals surface area contributed by atoms with E-state index in [0.29, 0.717) is 11.5 Å².